The van der Waals surface area contributed by atoms with Crippen LogP contribution in [0.2, 0.25) is 0 Å². The van der Waals surface area contributed by atoms with Crippen molar-refractivity contribution >= 4 is 77.6 Å². The Morgan fingerprint density at radius 3 is 1.36 bits per heavy atom. The first-order valence-corrected chi connectivity index (χ1v) is 26.0. The monoisotopic (exact) mass is 954 g/mol. The minimum atomic E-state index is -0.776. The molecule has 13 rings (SSSR count). The predicted octanol–water partition coefficient (Wildman–Crippen LogP) is 19.8. The van der Waals surface area contributed by atoms with Crippen molar-refractivity contribution in [3.05, 3.63) is 276 Å². The molecule has 0 amide bonds. The number of hydrogen-bond acceptors (Lipinski definition) is 3. The summed E-state index contributed by atoms with van der Waals surface area (Å²) in [4.78, 5) is 4.91. The fraction of sp³-hybridized carbons (Fsp3) is 0.127. The molecule has 0 aliphatic heterocycles. The van der Waals surface area contributed by atoms with Gasteiger partial charge in [-0.15, -0.1) is 0 Å². The lowest BCUT2D eigenvalue weighted by molar-refractivity contribution is 0.590. The van der Waals surface area contributed by atoms with E-state index >= 15 is 0 Å². The quantitative estimate of drug-likeness (QED) is 0.151. The molecule has 0 atom stereocenters. The Kier molecular flexibility index (Phi) is 10.5. The number of anilines is 6. The second kappa shape index (κ2) is 17.2. The van der Waals surface area contributed by atoms with Gasteiger partial charge in [-0.3, -0.25) is 0 Å². The fourth-order valence-corrected chi connectivity index (χ4v) is 11.9. The Hall–Kier alpha value is -8.66. The Labute approximate surface area is 434 Å². The summed E-state index contributed by atoms with van der Waals surface area (Å²) in [5.74, 6) is 0. The predicted molar refractivity (Wildman–Crippen MR) is 313 cm³/mol. The molecule has 12 aromatic rings. The summed E-state index contributed by atoms with van der Waals surface area (Å²) in [6.07, 6.45) is 0. The van der Waals surface area contributed by atoms with Gasteiger partial charge in [0.2, 0.25) is 0 Å². The van der Waals surface area contributed by atoms with Crippen LogP contribution in [0.25, 0.3) is 54.6 Å². The Balaban J connectivity index is 1.14. The third kappa shape index (κ3) is 7.32. The van der Waals surface area contributed by atoms with Crippen molar-refractivity contribution in [2.75, 3.05) is 9.80 Å². The van der Waals surface area contributed by atoms with Crippen molar-refractivity contribution < 1.29 is 4.42 Å². The van der Waals surface area contributed by atoms with E-state index in [0.29, 0.717) is 0 Å². The Morgan fingerprint density at radius 2 is 0.811 bits per heavy atom. The van der Waals surface area contributed by atoms with Crippen LogP contribution in [0.1, 0.15) is 74.9 Å². The zero-order valence-electron chi connectivity index (χ0n) is 42.9. The van der Waals surface area contributed by atoms with Crippen LogP contribution in [-0.4, -0.2) is 0 Å². The normalized spacial score (nSPS) is 13.1. The highest BCUT2D eigenvalue weighted by molar-refractivity contribution is 6.19. The maximum absolute atomic E-state index is 7.37. The van der Waals surface area contributed by atoms with E-state index in [1.54, 1.807) is 0 Å². The molecule has 3 nitrogen and oxygen atoms in total. The third-order valence-corrected chi connectivity index (χ3v) is 15.6. The lowest BCUT2D eigenvalue weighted by Crippen LogP contribution is -2.29. The van der Waals surface area contributed by atoms with Gasteiger partial charge in [0.25, 0.3) is 0 Å². The van der Waals surface area contributed by atoms with Gasteiger partial charge in [0, 0.05) is 39.4 Å². The summed E-state index contributed by atoms with van der Waals surface area (Å²) >= 11 is 0. The van der Waals surface area contributed by atoms with Crippen LogP contribution in [0.4, 0.5) is 34.1 Å². The van der Waals surface area contributed by atoms with Crippen molar-refractivity contribution in [2.45, 2.75) is 57.8 Å². The first-order chi connectivity index (χ1) is 35.9. The Bertz CT molecular complexity index is 4040. The standard InChI is InChI=1S/C71H58N2O/c1-69(2,3)51-31-37-55(38-32-51)72(57-35-29-47-19-13-15-21-49(47)43-57)59-41-42-60-62(45-59)71(53-23-9-7-10-24-53,54-25-11-8-12-26-54)63-46-64(67-61-27-17-18-28-65(61)74-68(67)66(60)63)73(56-39-33-52(34-40-56)70(4,5)6)58-36-30-48-20-14-16-22-50(48)44-58/h7-46H,1-6H3. The van der Waals surface area contributed by atoms with Gasteiger partial charge in [-0.2, -0.15) is 0 Å². The number of fused-ring (bicyclic) bond motifs is 9. The van der Waals surface area contributed by atoms with Gasteiger partial charge in [0.05, 0.1) is 16.5 Å². The van der Waals surface area contributed by atoms with Crippen molar-refractivity contribution in [2.24, 2.45) is 0 Å². The molecule has 1 aliphatic rings. The van der Waals surface area contributed by atoms with E-state index < -0.39 is 5.41 Å². The lowest BCUT2D eigenvalue weighted by atomic mass is 9.67. The number of nitrogens with zero attached hydrogens (tertiary/aromatic N) is 2. The largest absolute Gasteiger partial charge is 0.455 e. The summed E-state index contributed by atoms with van der Waals surface area (Å²) in [7, 11) is 0. The minimum absolute atomic E-state index is 0.0107. The van der Waals surface area contributed by atoms with Crippen LogP contribution >= 0.6 is 0 Å². The molecule has 0 saturated heterocycles. The molecule has 1 heterocycles. The smallest absolute Gasteiger partial charge is 0.145 e. The van der Waals surface area contributed by atoms with Crippen molar-refractivity contribution in [3.8, 4) is 11.1 Å². The average molecular weight is 955 g/mol. The van der Waals surface area contributed by atoms with Gasteiger partial charge in [0.1, 0.15) is 11.2 Å². The second-order valence-electron chi connectivity index (χ2n) is 22.2. The first-order valence-electron chi connectivity index (χ1n) is 26.0. The molecular formula is C71H58N2O. The first kappa shape index (κ1) is 45.2. The van der Waals surface area contributed by atoms with Gasteiger partial charge in [-0.1, -0.05) is 211 Å². The van der Waals surface area contributed by atoms with Gasteiger partial charge in [-0.05, 0) is 144 Å². The van der Waals surface area contributed by atoms with Crippen LogP contribution in [0.3, 0.4) is 0 Å². The summed E-state index contributed by atoms with van der Waals surface area (Å²) in [5, 5.41) is 6.95. The van der Waals surface area contributed by atoms with E-state index in [0.717, 1.165) is 67.2 Å². The highest BCUT2D eigenvalue weighted by Crippen LogP contribution is 2.62. The molecule has 0 unspecified atom stereocenters. The third-order valence-electron chi connectivity index (χ3n) is 15.6. The second-order valence-corrected chi connectivity index (χ2v) is 22.2. The van der Waals surface area contributed by atoms with Crippen molar-refractivity contribution in [1.29, 1.82) is 0 Å². The van der Waals surface area contributed by atoms with Crippen molar-refractivity contribution in [3.63, 3.8) is 0 Å². The maximum Gasteiger partial charge on any atom is 0.145 e. The fourth-order valence-electron chi connectivity index (χ4n) is 11.9. The number of para-hydroxylation sites is 1. The average Bonchev–Trinajstić information content (AvgIpc) is 3.99. The van der Waals surface area contributed by atoms with Gasteiger partial charge >= 0.3 is 0 Å². The zero-order chi connectivity index (χ0) is 50.3. The molecule has 11 aromatic carbocycles. The van der Waals surface area contributed by atoms with E-state index in [-0.39, 0.29) is 10.8 Å². The summed E-state index contributed by atoms with van der Waals surface area (Å²) in [5.41, 5.74) is 17.0. The summed E-state index contributed by atoms with van der Waals surface area (Å²) < 4.78 is 7.37. The highest BCUT2D eigenvalue weighted by Gasteiger charge is 2.49. The topological polar surface area (TPSA) is 19.6 Å². The molecule has 0 fully saturated rings. The number of rotatable bonds is 8. The SMILES string of the molecule is CC(C)(C)c1ccc(N(c2ccc3c(c2)C(c2ccccc2)(c2ccccc2)c2cc(N(c4ccc(C(C)(C)C)cc4)c4ccc5ccccc5c4)c4c(oc5ccccc54)c2-3)c2ccc3ccccc3c2)cc1. The molecule has 0 saturated carbocycles. The van der Waals surface area contributed by atoms with Gasteiger partial charge in [-0.25, -0.2) is 0 Å². The van der Waals surface area contributed by atoms with Gasteiger partial charge in [0.15, 0.2) is 0 Å². The Morgan fingerprint density at radius 1 is 0.365 bits per heavy atom. The number of benzene rings is 11. The molecule has 358 valence electrons. The molecule has 0 bridgehead atoms. The molecular weight excluding hydrogens is 897 g/mol. The van der Waals surface area contributed by atoms with E-state index in [1.165, 1.54) is 54.9 Å². The number of hydrogen-bond donors (Lipinski definition) is 0. The van der Waals surface area contributed by atoms with Gasteiger partial charge < -0.3 is 14.2 Å². The van der Waals surface area contributed by atoms with Crippen LogP contribution in [0.5, 0.6) is 0 Å². The lowest BCUT2D eigenvalue weighted by Gasteiger charge is -2.36. The van der Waals surface area contributed by atoms with Crippen molar-refractivity contribution in [1.82, 2.24) is 0 Å². The zero-order valence-corrected chi connectivity index (χ0v) is 42.9. The molecule has 0 spiro atoms. The van der Waals surface area contributed by atoms with Crippen LogP contribution < -0.4 is 9.80 Å². The summed E-state index contributed by atoms with van der Waals surface area (Å²) in [6, 6.07) is 90.0. The maximum atomic E-state index is 7.37. The van der Waals surface area contributed by atoms with E-state index in [9.17, 15) is 0 Å². The molecule has 1 aromatic heterocycles. The van der Waals surface area contributed by atoms with Crippen LogP contribution in [0, 0.1) is 0 Å². The molecule has 74 heavy (non-hydrogen) atoms. The number of furan rings is 1. The summed E-state index contributed by atoms with van der Waals surface area (Å²) in [6.45, 7) is 13.7. The van der Waals surface area contributed by atoms with E-state index in [4.69, 9.17) is 4.42 Å². The molecule has 3 heteroatoms. The molecule has 0 radical (unpaired) electrons. The van der Waals surface area contributed by atoms with Crippen LogP contribution in [-0.2, 0) is 16.2 Å². The molecule has 1 aliphatic carbocycles. The van der Waals surface area contributed by atoms with Crippen LogP contribution in [0.15, 0.2) is 247 Å². The van der Waals surface area contributed by atoms with E-state index in [2.05, 4.69) is 294 Å². The molecule has 0 N–H and O–H groups in total. The highest BCUT2D eigenvalue weighted by atomic mass is 16.3. The minimum Gasteiger partial charge on any atom is -0.455 e. The van der Waals surface area contributed by atoms with E-state index in [1.807, 2.05) is 0 Å².